The highest BCUT2D eigenvalue weighted by molar-refractivity contribution is 9.10. The van der Waals surface area contributed by atoms with Gasteiger partial charge in [-0.05, 0) is 97.4 Å². The molecular weight excluding hydrogens is 1050 g/mol. The molecule has 2 aromatic heterocycles. The number of methoxy groups -OCH3 is 1. The zero-order valence-corrected chi connectivity index (χ0v) is 43.3. The second kappa shape index (κ2) is 20.9. The number of benzene rings is 3. The van der Waals surface area contributed by atoms with Crippen molar-refractivity contribution in [2.24, 2.45) is 0 Å². The number of imide groups is 2. The van der Waals surface area contributed by atoms with E-state index in [0.717, 1.165) is 92.7 Å². The van der Waals surface area contributed by atoms with Crippen LogP contribution < -0.4 is 35.8 Å². The Balaban J connectivity index is 0.000000898. The number of fused-ring (bicyclic) bond motifs is 2. The van der Waals surface area contributed by atoms with Crippen molar-refractivity contribution in [3.63, 3.8) is 0 Å². The Bertz CT molecular complexity index is 3110. The molecule has 3 aromatic carbocycles. The van der Waals surface area contributed by atoms with Crippen molar-refractivity contribution >= 4 is 104 Å². The van der Waals surface area contributed by atoms with Gasteiger partial charge in [-0.2, -0.15) is 18.2 Å². The van der Waals surface area contributed by atoms with Gasteiger partial charge in [-0.15, -0.1) is 0 Å². The van der Waals surface area contributed by atoms with Crippen LogP contribution in [0, 0.1) is 6.92 Å². The van der Waals surface area contributed by atoms with Crippen molar-refractivity contribution in [3.05, 3.63) is 82.2 Å². The Morgan fingerprint density at radius 2 is 1.50 bits per heavy atom. The van der Waals surface area contributed by atoms with Gasteiger partial charge < -0.3 is 34.8 Å². The number of piperazine rings is 1. The smallest absolute Gasteiger partial charge is 0.490 e. The van der Waals surface area contributed by atoms with Crippen LogP contribution in [0.3, 0.4) is 0 Å². The average molecular weight is 1110 g/mol. The average Bonchev–Trinajstić information content (AvgIpc) is 3.59. The van der Waals surface area contributed by atoms with E-state index in [1.165, 1.54) is 0 Å². The van der Waals surface area contributed by atoms with Gasteiger partial charge in [-0.3, -0.25) is 49.2 Å². The standard InChI is InChI=1S/C47H52BrN12O6P.C2HF3O2/c1-27-21-36(53-47-51-24-33(48)43(55-47)52-35-8-7-34-41(50-14-13-49-34)42(35)67(3,4)65)39(66-2)23-38(27)58-15-11-28(12-16-58)56-17-19-57(20-18-56)30-25-59(26-30)29-5-6-31-32(22-29)46(64)60(45(31)63)37-9-10-40(61)54-44(37)62;3-2(4,5)1(6)7/h5-8,13-14,21-24,28,30,37H,9-12,15-20,25-26H2,1-4H3,(H,54,61,62)(H2,51,52,53,55);(H,6,7). The maximum absolute atomic E-state index is 13.5. The second-order valence-corrected chi connectivity index (χ2v) is 23.0. The summed E-state index contributed by atoms with van der Waals surface area (Å²) < 4.78 is 51.8. The summed E-state index contributed by atoms with van der Waals surface area (Å²) in [4.78, 5) is 88.8. The fourth-order valence-corrected chi connectivity index (χ4v) is 11.9. The highest BCUT2D eigenvalue weighted by atomic mass is 79.9. The van der Waals surface area contributed by atoms with Crippen molar-refractivity contribution < 1.29 is 51.6 Å². The summed E-state index contributed by atoms with van der Waals surface area (Å²) >= 11 is 3.59. The number of rotatable bonds is 11. The quantitative estimate of drug-likeness (QED) is 0.0911. The van der Waals surface area contributed by atoms with Crippen LogP contribution in [0.5, 0.6) is 5.75 Å². The molecule has 4 saturated heterocycles. The normalized spacial score (nSPS) is 19.2. The molecule has 4 amide bonds. The van der Waals surface area contributed by atoms with Crippen LogP contribution in [-0.2, 0) is 18.9 Å². The van der Waals surface area contributed by atoms with Gasteiger partial charge in [0, 0.05) is 107 Å². The van der Waals surface area contributed by atoms with E-state index in [1.807, 2.05) is 18.2 Å². The maximum Gasteiger partial charge on any atom is 0.490 e. The molecular formula is C49H53BrF3N12O8P. The fourth-order valence-electron chi connectivity index (χ4n) is 10.2. The van der Waals surface area contributed by atoms with Crippen molar-refractivity contribution in [1.29, 1.82) is 0 Å². The number of alkyl halides is 3. The van der Waals surface area contributed by atoms with Gasteiger partial charge in [0.05, 0.1) is 44.9 Å². The summed E-state index contributed by atoms with van der Waals surface area (Å²) in [6, 6.07) is 13.2. The third-order valence-electron chi connectivity index (χ3n) is 14.0. The summed E-state index contributed by atoms with van der Waals surface area (Å²) in [5.41, 5.74) is 6.38. The molecule has 1 atom stereocenters. The number of carboxylic acid groups (broad SMARTS) is 1. The number of amides is 4. The van der Waals surface area contributed by atoms with E-state index >= 15 is 0 Å². The Labute approximate surface area is 431 Å². The number of nitrogens with one attached hydrogen (secondary N) is 3. The van der Waals surface area contributed by atoms with Crippen LogP contribution in [0.4, 0.5) is 47.7 Å². The highest BCUT2D eigenvalue weighted by Gasteiger charge is 2.45. The number of aromatic nitrogens is 4. The number of aryl methyl sites for hydroxylation is 1. The number of halogens is 4. The lowest BCUT2D eigenvalue weighted by Gasteiger charge is -2.50. The van der Waals surface area contributed by atoms with Gasteiger partial charge in [-0.1, -0.05) is 0 Å². The summed E-state index contributed by atoms with van der Waals surface area (Å²) in [6.07, 6.45) is 2.18. The molecule has 390 valence electrons. The first-order valence-corrected chi connectivity index (χ1v) is 27.3. The number of aliphatic carboxylic acids is 1. The molecule has 5 aliphatic heterocycles. The van der Waals surface area contributed by atoms with Crippen LogP contribution in [0.1, 0.15) is 52.0 Å². The van der Waals surface area contributed by atoms with Crippen LogP contribution in [-0.4, -0.2) is 166 Å². The van der Waals surface area contributed by atoms with Crippen molar-refractivity contribution in [1.82, 2.24) is 40.0 Å². The number of piperidine rings is 2. The van der Waals surface area contributed by atoms with Gasteiger partial charge in [0.2, 0.25) is 17.8 Å². The molecule has 74 heavy (non-hydrogen) atoms. The minimum atomic E-state index is -5.08. The lowest BCUT2D eigenvalue weighted by Crippen LogP contribution is -2.64. The number of anilines is 6. The largest absolute Gasteiger partial charge is 0.494 e. The third kappa shape index (κ3) is 10.8. The molecule has 5 aromatic rings. The van der Waals surface area contributed by atoms with E-state index in [1.54, 1.807) is 51.2 Å². The number of ether oxygens (including phenoxy) is 1. The van der Waals surface area contributed by atoms with Gasteiger partial charge in [0.1, 0.15) is 30.3 Å². The Hall–Kier alpha value is -6.75. The van der Waals surface area contributed by atoms with Crippen molar-refractivity contribution in [2.75, 3.05) is 93.2 Å². The first-order chi connectivity index (χ1) is 35.2. The number of carbonyl (C=O) groups is 5. The Kier molecular flexibility index (Phi) is 14.7. The highest BCUT2D eigenvalue weighted by Crippen LogP contribution is 2.42. The molecule has 25 heteroatoms. The number of hydrogen-bond donors (Lipinski definition) is 4. The molecule has 0 aliphatic carbocycles. The van der Waals surface area contributed by atoms with E-state index < -0.39 is 49.0 Å². The van der Waals surface area contributed by atoms with Gasteiger partial charge in [0.25, 0.3) is 11.8 Å². The van der Waals surface area contributed by atoms with Gasteiger partial charge >= 0.3 is 12.1 Å². The molecule has 0 bridgehead atoms. The van der Waals surface area contributed by atoms with E-state index in [4.69, 9.17) is 19.6 Å². The van der Waals surface area contributed by atoms with Crippen LogP contribution in [0.25, 0.3) is 11.0 Å². The predicted molar refractivity (Wildman–Crippen MR) is 274 cm³/mol. The monoisotopic (exact) mass is 1100 g/mol. The van der Waals surface area contributed by atoms with Gasteiger partial charge in [-0.25, -0.2) is 9.78 Å². The number of nitrogens with zero attached hydrogens (tertiary/aromatic N) is 9. The number of hydrogen-bond acceptors (Lipinski definition) is 17. The summed E-state index contributed by atoms with van der Waals surface area (Å²) in [7, 11) is -1.11. The van der Waals surface area contributed by atoms with E-state index in [9.17, 15) is 36.9 Å². The van der Waals surface area contributed by atoms with Crippen molar-refractivity contribution in [3.8, 4) is 5.75 Å². The molecule has 7 heterocycles. The summed E-state index contributed by atoms with van der Waals surface area (Å²) in [6.45, 7) is 13.2. The van der Waals surface area contributed by atoms with Crippen LogP contribution in [0.15, 0.2) is 65.5 Å². The minimum absolute atomic E-state index is 0.0920. The van der Waals surface area contributed by atoms with E-state index in [2.05, 4.69) is 85.5 Å². The second-order valence-electron chi connectivity index (χ2n) is 19.0. The molecule has 0 spiro atoms. The lowest BCUT2D eigenvalue weighted by molar-refractivity contribution is -0.192. The molecule has 5 aliphatic rings. The van der Waals surface area contributed by atoms with Crippen LogP contribution in [0.2, 0.25) is 0 Å². The molecule has 0 saturated carbocycles. The zero-order valence-electron chi connectivity index (χ0n) is 40.8. The van der Waals surface area contributed by atoms with Crippen LogP contribution >= 0.6 is 23.1 Å². The molecule has 4 fully saturated rings. The SMILES string of the molecule is COc1cc(N2CCC(N3CCN(C4CN(c5ccc6c(c5)C(=O)N(C5CCC(=O)NC5=O)C6=O)C4)CC3)CC2)c(C)cc1Nc1ncc(Br)c(Nc2ccc3nccnc3c2P(C)(C)=O)n1.O=C(O)C(F)(F)F. The number of carbonyl (C=O) groups excluding carboxylic acids is 4. The molecule has 20 nitrogen and oxygen atoms in total. The van der Waals surface area contributed by atoms with Gasteiger partial charge in [0.15, 0.2) is 0 Å². The molecule has 0 radical (unpaired) electrons. The molecule has 4 N–H and O–H groups in total. The first kappa shape index (κ1) is 52.1. The van der Waals surface area contributed by atoms with Crippen molar-refractivity contribution in [2.45, 2.75) is 56.9 Å². The van der Waals surface area contributed by atoms with E-state index in [0.29, 0.717) is 67.2 Å². The Morgan fingerprint density at radius 1 is 0.838 bits per heavy atom. The number of carboxylic acids is 1. The lowest BCUT2D eigenvalue weighted by atomic mass is 9.99. The minimum Gasteiger partial charge on any atom is -0.494 e. The fraction of sp³-hybridized carbons (Fsp3) is 0.408. The molecule has 1 unspecified atom stereocenters. The Morgan fingerprint density at radius 3 is 2.15 bits per heavy atom. The third-order valence-corrected chi connectivity index (χ3v) is 16.1. The predicted octanol–water partition coefficient (Wildman–Crippen LogP) is 5.74. The zero-order chi connectivity index (χ0) is 52.8. The van der Waals surface area contributed by atoms with E-state index in [-0.39, 0.29) is 12.8 Å². The molecule has 10 rings (SSSR count). The topological polar surface area (TPSA) is 236 Å². The first-order valence-electron chi connectivity index (χ1n) is 23.9. The summed E-state index contributed by atoms with van der Waals surface area (Å²) in [5.74, 6) is -3.18. The summed E-state index contributed by atoms with van der Waals surface area (Å²) in [5, 5.41) is 16.7. The maximum atomic E-state index is 13.5.